The molecule has 0 aromatic carbocycles. The minimum absolute atomic E-state index is 0. The van der Waals surface area contributed by atoms with Crippen LogP contribution in [0.1, 0.15) is 0 Å². The molecule has 0 aliphatic rings. The summed E-state index contributed by atoms with van der Waals surface area (Å²) in [5.74, 6) is 0. The Bertz CT molecular complexity index is 15.5. The number of rotatable bonds is 0. The predicted octanol–water partition coefficient (Wildman–Crippen LogP) is -0.497. The topological polar surface area (TPSA) is 43.1 Å². The molecule has 0 radical (unpaired) electrons. The zero-order valence-electron chi connectivity index (χ0n) is 1.43. The van der Waals surface area contributed by atoms with Gasteiger partial charge < -0.3 is 0 Å². The summed E-state index contributed by atoms with van der Waals surface area (Å²) in [5.41, 5.74) is 4.26. The van der Waals surface area contributed by atoms with E-state index in [-0.39, 0.29) is 38.2 Å². The van der Waals surface area contributed by atoms with Crippen LogP contribution in [0.4, 0.5) is 0 Å². The van der Waals surface area contributed by atoms with Crippen molar-refractivity contribution in [2.75, 3.05) is 0 Å². The van der Waals surface area contributed by atoms with Gasteiger partial charge in [-0.15, -0.1) is 0 Å². The minimum atomic E-state index is -0.333. The second-order valence-electron chi connectivity index (χ2n) is 0.105. The van der Waals surface area contributed by atoms with Gasteiger partial charge in [0, 0.05) is 0 Å². The SMILES string of the molecule is NP=O.[NaH]. The molecule has 0 saturated carbocycles. The van der Waals surface area contributed by atoms with Crippen molar-refractivity contribution in [3.63, 3.8) is 0 Å². The average molecular weight is 87.0 g/mol. The van der Waals surface area contributed by atoms with Gasteiger partial charge in [-0.25, -0.2) is 0 Å². The van der Waals surface area contributed by atoms with E-state index in [0.29, 0.717) is 0 Å². The third kappa shape index (κ3) is 11.6. The van der Waals surface area contributed by atoms with Crippen molar-refractivity contribution >= 4 is 38.2 Å². The van der Waals surface area contributed by atoms with Gasteiger partial charge in [0.25, 0.3) is 0 Å². The normalized spacial score (nSPS) is 5.25. The van der Waals surface area contributed by atoms with Crippen LogP contribution in [0.3, 0.4) is 0 Å². The fourth-order valence-electron chi connectivity index (χ4n) is 0. The second kappa shape index (κ2) is 8.96. The molecule has 0 atom stereocenters. The third-order valence-electron chi connectivity index (χ3n) is 0. The van der Waals surface area contributed by atoms with Gasteiger partial charge in [-0.1, -0.05) is 0 Å². The van der Waals surface area contributed by atoms with Gasteiger partial charge >= 0.3 is 29.6 Å². The molecule has 20 valence electrons. The van der Waals surface area contributed by atoms with Gasteiger partial charge in [-0.2, -0.15) is 0 Å². The van der Waals surface area contributed by atoms with E-state index >= 15 is 0 Å². The Kier molecular flexibility index (Phi) is 19.9. The molecule has 4 heavy (non-hydrogen) atoms. The van der Waals surface area contributed by atoms with Crippen LogP contribution in [0.5, 0.6) is 0 Å². The summed E-state index contributed by atoms with van der Waals surface area (Å²) >= 11 is 0. The Morgan fingerprint density at radius 2 is 1.75 bits per heavy atom. The third-order valence-corrected chi connectivity index (χ3v) is 0. The first-order chi connectivity index (χ1) is 1.41. The fraction of sp³-hybridized carbons (Fsp3) is 0. The van der Waals surface area contributed by atoms with Crippen LogP contribution in [0.2, 0.25) is 0 Å². The molecular weight excluding hydrogens is 84.0 g/mol. The average Bonchev–Trinajstić information content (AvgIpc) is 0.918. The molecule has 0 spiro atoms. The number of hydrogen-bond acceptors (Lipinski definition) is 1. The summed E-state index contributed by atoms with van der Waals surface area (Å²) in [7, 11) is -0.333. The molecule has 0 rings (SSSR count). The zero-order valence-corrected chi connectivity index (χ0v) is 2.33. The summed E-state index contributed by atoms with van der Waals surface area (Å²) in [6.07, 6.45) is 0. The molecule has 0 amide bonds. The Morgan fingerprint density at radius 1 is 1.75 bits per heavy atom. The maximum absolute atomic E-state index is 8.68. The molecule has 2 N–H and O–H groups in total. The molecule has 2 nitrogen and oxygen atoms in total. The van der Waals surface area contributed by atoms with Gasteiger partial charge in [-0.05, 0) is 0 Å². The molecule has 0 heterocycles. The van der Waals surface area contributed by atoms with E-state index in [9.17, 15) is 0 Å². The van der Waals surface area contributed by atoms with Crippen molar-refractivity contribution in [3.05, 3.63) is 0 Å². The van der Waals surface area contributed by atoms with Crippen LogP contribution < -0.4 is 5.50 Å². The first-order valence-electron chi connectivity index (χ1n) is 0.441. The van der Waals surface area contributed by atoms with E-state index in [2.05, 4.69) is 5.50 Å². The van der Waals surface area contributed by atoms with E-state index < -0.39 is 0 Å². The first-order valence-corrected chi connectivity index (χ1v) is 1.32. The van der Waals surface area contributed by atoms with Crippen LogP contribution in [-0.2, 0) is 4.57 Å². The Balaban J connectivity index is 0. The van der Waals surface area contributed by atoms with Crippen molar-refractivity contribution in [1.29, 1.82) is 0 Å². The summed E-state index contributed by atoms with van der Waals surface area (Å²) in [6, 6.07) is 0. The van der Waals surface area contributed by atoms with Crippen LogP contribution in [0.15, 0.2) is 0 Å². The zero-order chi connectivity index (χ0) is 2.71. The second-order valence-corrected chi connectivity index (χ2v) is 0.316. The van der Waals surface area contributed by atoms with Gasteiger partial charge in [0.05, 0.1) is 0 Å². The van der Waals surface area contributed by atoms with Crippen LogP contribution in [-0.4, -0.2) is 29.6 Å². The first kappa shape index (κ1) is 8.91. The van der Waals surface area contributed by atoms with Crippen molar-refractivity contribution in [1.82, 2.24) is 0 Å². The van der Waals surface area contributed by atoms with E-state index in [1.165, 1.54) is 0 Å². The molecule has 0 fully saturated rings. The molecule has 0 aliphatic carbocycles. The molecular formula is H3NNaOP. The van der Waals surface area contributed by atoms with Gasteiger partial charge in [0.2, 0.25) is 8.61 Å². The van der Waals surface area contributed by atoms with Gasteiger partial charge in [0.15, 0.2) is 0 Å². The summed E-state index contributed by atoms with van der Waals surface area (Å²) in [4.78, 5) is 0. The van der Waals surface area contributed by atoms with Crippen LogP contribution >= 0.6 is 8.61 Å². The van der Waals surface area contributed by atoms with Crippen molar-refractivity contribution in [3.8, 4) is 0 Å². The summed E-state index contributed by atoms with van der Waals surface area (Å²) < 4.78 is 8.68. The van der Waals surface area contributed by atoms with E-state index in [0.717, 1.165) is 0 Å². The molecule has 0 saturated heterocycles. The fourth-order valence-corrected chi connectivity index (χ4v) is 0. The monoisotopic (exact) mass is 87.0 g/mol. The van der Waals surface area contributed by atoms with Crippen molar-refractivity contribution < 1.29 is 4.57 Å². The van der Waals surface area contributed by atoms with E-state index in [1.54, 1.807) is 0 Å². The molecule has 0 aromatic heterocycles. The van der Waals surface area contributed by atoms with E-state index in [4.69, 9.17) is 4.57 Å². The molecule has 0 unspecified atom stereocenters. The van der Waals surface area contributed by atoms with Crippen molar-refractivity contribution in [2.45, 2.75) is 0 Å². The predicted molar refractivity (Wildman–Crippen MR) is 18.9 cm³/mol. The van der Waals surface area contributed by atoms with Crippen LogP contribution in [0, 0.1) is 0 Å². The Morgan fingerprint density at radius 3 is 1.75 bits per heavy atom. The number of nitrogens with two attached hydrogens (primary N) is 1. The number of hydrogen-bond donors (Lipinski definition) is 1. The van der Waals surface area contributed by atoms with Gasteiger partial charge in [0.1, 0.15) is 0 Å². The molecule has 0 aromatic rings. The van der Waals surface area contributed by atoms with Crippen molar-refractivity contribution in [2.24, 2.45) is 5.50 Å². The standard InChI is InChI=1S/H2NOP.Na.H/c1-3-2;;/h(H2,1,2);;. The quantitative estimate of drug-likeness (QED) is 0.320. The molecule has 4 heteroatoms. The Hall–Kier alpha value is 1.06. The van der Waals surface area contributed by atoms with Crippen LogP contribution in [0.25, 0.3) is 0 Å². The van der Waals surface area contributed by atoms with E-state index in [1.807, 2.05) is 0 Å². The maximum atomic E-state index is 8.68. The summed E-state index contributed by atoms with van der Waals surface area (Å²) in [5, 5.41) is 0. The molecule has 0 bridgehead atoms. The molecule has 0 aliphatic heterocycles. The Labute approximate surface area is 48.3 Å². The van der Waals surface area contributed by atoms with Gasteiger partial charge in [-0.3, -0.25) is 10.1 Å². The summed E-state index contributed by atoms with van der Waals surface area (Å²) in [6.45, 7) is 0.